The van der Waals surface area contributed by atoms with Gasteiger partial charge in [-0.25, -0.2) is 0 Å². The van der Waals surface area contributed by atoms with Crippen LogP contribution in [0.2, 0.25) is 0 Å². The third-order valence-corrected chi connectivity index (χ3v) is 5.95. The van der Waals surface area contributed by atoms with Crippen LogP contribution < -0.4 is 0 Å². The van der Waals surface area contributed by atoms with Crippen LogP contribution in [0.4, 0.5) is 0 Å². The largest absolute Gasteiger partial charge is 0.459 e. The van der Waals surface area contributed by atoms with E-state index in [-0.39, 0.29) is 24.9 Å². The Morgan fingerprint density at radius 2 is 1.94 bits per heavy atom. The van der Waals surface area contributed by atoms with Crippen molar-refractivity contribution in [3.05, 3.63) is 34.4 Å². The number of esters is 3. The molecule has 8 heteroatoms. The van der Waals surface area contributed by atoms with E-state index < -0.39 is 36.4 Å². The zero-order valence-electron chi connectivity index (χ0n) is 18.1. The Labute approximate surface area is 187 Å². The fraction of sp³-hybridized carbons (Fsp3) is 0.609. The number of rotatable bonds is 2. The number of carbonyl (C=O) groups is 3. The third-order valence-electron chi connectivity index (χ3n) is 5.61. The molecule has 0 N–H and O–H groups in total. The first kappa shape index (κ1) is 23.5. The van der Waals surface area contributed by atoms with Crippen molar-refractivity contribution in [1.29, 1.82) is 0 Å². The van der Waals surface area contributed by atoms with Crippen molar-refractivity contribution in [3.63, 3.8) is 0 Å². The van der Waals surface area contributed by atoms with Crippen molar-refractivity contribution < 1.29 is 33.3 Å². The van der Waals surface area contributed by atoms with Crippen LogP contribution in [0.1, 0.15) is 59.3 Å². The summed E-state index contributed by atoms with van der Waals surface area (Å²) in [7, 11) is 0. The van der Waals surface area contributed by atoms with Gasteiger partial charge in [0.15, 0.2) is 0 Å². The molecule has 0 spiro atoms. The Kier molecular flexibility index (Phi) is 7.94. The fourth-order valence-electron chi connectivity index (χ4n) is 4.07. The minimum atomic E-state index is -0.716. The lowest BCUT2D eigenvalue weighted by molar-refractivity contribution is -0.165. The van der Waals surface area contributed by atoms with Crippen molar-refractivity contribution in [2.24, 2.45) is 0 Å². The first-order valence-electron chi connectivity index (χ1n) is 10.6. The van der Waals surface area contributed by atoms with Crippen LogP contribution in [0.5, 0.6) is 0 Å². The molecule has 1 fully saturated rings. The molecule has 31 heavy (non-hydrogen) atoms. The molecule has 0 saturated carbocycles. The lowest BCUT2D eigenvalue weighted by atomic mass is 10.00. The molecule has 3 aliphatic heterocycles. The van der Waals surface area contributed by atoms with Gasteiger partial charge in [-0.2, -0.15) is 0 Å². The van der Waals surface area contributed by atoms with Crippen LogP contribution in [0.3, 0.4) is 0 Å². The van der Waals surface area contributed by atoms with Gasteiger partial charge in [-0.1, -0.05) is 29.3 Å². The zero-order chi connectivity index (χ0) is 22.5. The van der Waals surface area contributed by atoms with E-state index in [1.165, 1.54) is 6.92 Å². The molecule has 3 heterocycles. The van der Waals surface area contributed by atoms with Gasteiger partial charge < -0.3 is 18.9 Å². The minimum Gasteiger partial charge on any atom is -0.459 e. The molecule has 0 aromatic heterocycles. The van der Waals surface area contributed by atoms with Gasteiger partial charge in [0.1, 0.15) is 24.4 Å². The summed E-state index contributed by atoms with van der Waals surface area (Å²) in [6.45, 7) is 4.97. The molecule has 3 aliphatic rings. The van der Waals surface area contributed by atoms with E-state index in [1.807, 2.05) is 25.2 Å². The smallest absolute Gasteiger partial charge is 0.310 e. The Bertz CT molecular complexity index is 813. The zero-order valence-corrected chi connectivity index (χ0v) is 18.9. The van der Waals surface area contributed by atoms with Crippen molar-refractivity contribution in [1.82, 2.24) is 0 Å². The summed E-state index contributed by atoms with van der Waals surface area (Å²) in [6, 6.07) is 0. The van der Waals surface area contributed by atoms with Crippen molar-refractivity contribution in [3.8, 4) is 0 Å². The number of cyclic esters (lactones) is 1. The molecule has 0 aliphatic carbocycles. The van der Waals surface area contributed by atoms with Crippen LogP contribution in [-0.4, -0.2) is 48.4 Å². The number of hydrogen-bond donors (Lipinski definition) is 0. The molecule has 0 radical (unpaired) electrons. The van der Waals surface area contributed by atoms with Gasteiger partial charge >= 0.3 is 17.9 Å². The molecule has 170 valence electrons. The monoisotopic (exact) mass is 452 g/mol. The summed E-state index contributed by atoms with van der Waals surface area (Å²) in [4.78, 5) is 36.2. The third kappa shape index (κ3) is 6.68. The molecule has 7 nitrogen and oxygen atoms in total. The normalized spacial score (nSPS) is 36.0. The van der Waals surface area contributed by atoms with Crippen molar-refractivity contribution in [2.45, 2.75) is 89.8 Å². The van der Waals surface area contributed by atoms with E-state index in [0.29, 0.717) is 30.7 Å². The number of allylic oxidation sites excluding steroid dienone is 3. The topological polar surface area (TPSA) is 88.1 Å². The van der Waals surface area contributed by atoms with E-state index in [1.54, 1.807) is 6.92 Å². The molecule has 1 saturated heterocycles. The highest BCUT2D eigenvalue weighted by Crippen LogP contribution is 2.33. The maximum atomic E-state index is 12.7. The van der Waals surface area contributed by atoms with Crippen LogP contribution in [0.15, 0.2) is 34.4 Å². The first-order chi connectivity index (χ1) is 14.7. The summed E-state index contributed by atoms with van der Waals surface area (Å²) in [5.41, 5.74) is 1.65. The Morgan fingerprint density at radius 3 is 2.65 bits per heavy atom. The quantitative estimate of drug-likeness (QED) is 0.356. The second-order valence-electron chi connectivity index (χ2n) is 8.31. The molecule has 0 aromatic rings. The van der Waals surface area contributed by atoms with Gasteiger partial charge in [0, 0.05) is 18.4 Å². The number of hydrogen-bond acceptors (Lipinski definition) is 7. The molecule has 5 atom stereocenters. The van der Waals surface area contributed by atoms with E-state index in [2.05, 4.69) is 0 Å². The lowest BCUT2D eigenvalue weighted by Crippen LogP contribution is -2.41. The Balaban J connectivity index is 1.83. The molecule has 0 unspecified atom stereocenters. The van der Waals surface area contributed by atoms with Crippen LogP contribution in [-0.2, 0) is 33.3 Å². The van der Waals surface area contributed by atoms with Crippen LogP contribution in [0.25, 0.3) is 0 Å². The molecule has 3 rings (SSSR count). The van der Waals surface area contributed by atoms with Gasteiger partial charge in [-0.05, 0) is 44.8 Å². The van der Waals surface area contributed by atoms with E-state index in [9.17, 15) is 14.4 Å². The molecule has 0 aromatic carbocycles. The predicted molar refractivity (Wildman–Crippen MR) is 113 cm³/mol. The van der Waals surface area contributed by atoms with Gasteiger partial charge in [0.05, 0.1) is 18.9 Å². The molecular formula is C23H29ClO7. The van der Waals surface area contributed by atoms with Gasteiger partial charge in [-0.15, -0.1) is 0 Å². The van der Waals surface area contributed by atoms with E-state index in [0.717, 1.165) is 11.1 Å². The number of ether oxygens (including phenoxy) is 4. The summed E-state index contributed by atoms with van der Waals surface area (Å²) in [5, 5.41) is 0.713. The van der Waals surface area contributed by atoms with Gasteiger partial charge in [0.25, 0.3) is 0 Å². The van der Waals surface area contributed by atoms with Crippen molar-refractivity contribution >= 4 is 29.5 Å². The van der Waals surface area contributed by atoms with Crippen LogP contribution >= 0.6 is 11.6 Å². The first-order valence-corrected chi connectivity index (χ1v) is 11.0. The number of carbonyl (C=O) groups excluding carboxylic acids is 3. The summed E-state index contributed by atoms with van der Waals surface area (Å²) in [6.07, 6.45) is 5.44. The molecule has 2 bridgehead atoms. The summed E-state index contributed by atoms with van der Waals surface area (Å²) >= 11 is 6.36. The minimum absolute atomic E-state index is 0.105. The summed E-state index contributed by atoms with van der Waals surface area (Å²) in [5.74, 6) is -1.29. The SMILES string of the molecule is CC(=O)O[C@H]1CC(=O)O[C@H]2C[C@H](CC/C(Cl)=C/C/C=C\1C)O[C@H]2[C@H]1C=C(C)CC(=O)O1. The van der Waals surface area contributed by atoms with Crippen LogP contribution in [0, 0.1) is 0 Å². The van der Waals surface area contributed by atoms with Gasteiger partial charge in [0.2, 0.25) is 0 Å². The van der Waals surface area contributed by atoms with E-state index >= 15 is 0 Å². The highest BCUT2D eigenvalue weighted by Gasteiger charge is 2.44. The highest BCUT2D eigenvalue weighted by molar-refractivity contribution is 6.29. The second kappa shape index (κ2) is 10.5. The average Bonchev–Trinajstić information content (AvgIpc) is 3.06. The average molecular weight is 453 g/mol. The van der Waals surface area contributed by atoms with Crippen molar-refractivity contribution in [2.75, 3.05) is 0 Å². The summed E-state index contributed by atoms with van der Waals surface area (Å²) < 4.78 is 22.7. The van der Waals surface area contributed by atoms with Gasteiger partial charge in [-0.3, -0.25) is 14.4 Å². The standard InChI is InChI=1S/C23H29ClO7/c1-13-9-19(30-21(26)10-13)23-20-11-17(29-23)8-7-16(24)6-4-5-14(2)18(28-15(3)25)12-22(27)31-20/h5-6,9,17-20,23H,4,7-8,10-12H2,1-3H3/b14-5-,16-6-/t17-,18-,19+,20-,23-/m0/s1. The highest BCUT2D eigenvalue weighted by atomic mass is 35.5. The fourth-order valence-corrected chi connectivity index (χ4v) is 4.27. The lowest BCUT2D eigenvalue weighted by Gasteiger charge is -2.28. The maximum absolute atomic E-state index is 12.7. The second-order valence-corrected chi connectivity index (χ2v) is 8.79. The predicted octanol–water partition coefficient (Wildman–Crippen LogP) is 3.89. The Morgan fingerprint density at radius 1 is 1.16 bits per heavy atom. The Hall–Kier alpha value is -2.12. The molecular weight excluding hydrogens is 424 g/mol. The molecule has 0 amide bonds. The number of fused-ring (bicyclic) bond motifs is 2. The van der Waals surface area contributed by atoms with E-state index in [4.69, 9.17) is 30.5 Å². The maximum Gasteiger partial charge on any atom is 0.310 e. The number of halogens is 1.